The minimum Gasteiger partial charge on any atom is -0.508 e. The number of hydrogen-bond donors (Lipinski definition) is 1. The van der Waals surface area contributed by atoms with E-state index in [9.17, 15) is 5.11 Å². The Balaban J connectivity index is 3.00. The van der Waals surface area contributed by atoms with Gasteiger partial charge in [0.2, 0.25) is 0 Å². The van der Waals surface area contributed by atoms with Crippen molar-refractivity contribution in [2.45, 2.75) is 11.2 Å². The van der Waals surface area contributed by atoms with Gasteiger partial charge in [0.1, 0.15) is 5.75 Å². The van der Waals surface area contributed by atoms with Gasteiger partial charge >= 0.3 is 0 Å². The van der Waals surface area contributed by atoms with Gasteiger partial charge in [-0.05, 0) is 50.4 Å². The highest BCUT2D eigenvalue weighted by Gasteiger charge is 2.13. The van der Waals surface area contributed by atoms with E-state index in [0.717, 1.165) is 26.3 Å². The molecule has 0 aliphatic heterocycles. The number of alkyl halides is 2. The van der Waals surface area contributed by atoms with Crippen molar-refractivity contribution in [1.29, 1.82) is 0 Å². The van der Waals surface area contributed by atoms with Gasteiger partial charge in [-0.15, -0.1) is 0 Å². The first-order valence-electron chi connectivity index (χ1n) is 3.92. The molecule has 0 aliphatic carbocycles. The molecule has 14 heavy (non-hydrogen) atoms. The third-order valence-corrected chi connectivity index (χ3v) is 6.16. The Morgan fingerprint density at radius 1 is 1.29 bits per heavy atom. The van der Waals surface area contributed by atoms with Crippen LogP contribution in [0.5, 0.6) is 5.75 Å². The van der Waals surface area contributed by atoms with Crippen molar-refractivity contribution in [3.63, 3.8) is 0 Å². The summed E-state index contributed by atoms with van der Waals surface area (Å²) in [6, 6.07) is 3.51. The summed E-state index contributed by atoms with van der Waals surface area (Å²) >= 11 is 13.7. The summed E-state index contributed by atoms with van der Waals surface area (Å²) in [5.74, 6) is 0.325. The predicted octanol–water partition coefficient (Wildman–Crippen LogP) is 4.62. The van der Waals surface area contributed by atoms with Crippen molar-refractivity contribution in [3.05, 3.63) is 26.6 Å². The summed E-state index contributed by atoms with van der Waals surface area (Å²) in [7, 11) is 0. The fourth-order valence-electron chi connectivity index (χ4n) is 1.05. The van der Waals surface area contributed by atoms with Crippen molar-refractivity contribution in [3.8, 4) is 5.75 Å². The number of phenolic OH excluding ortho intramolecular Hbond substituents is 1. The van der Waals surface area contributed by atoms with Gasteiger partial charge in [0, 0.05) is 24.7 Å². The van der Waals surface area contributed by atoms with Crippen LogP contribution < -0.4 is 0 Å². The molecule has 1 rings (SSSR count). The van der Waals surface area contributed by atoms with Gasteiger partial charge in [-0.1, -0.05) is 31.9 Å². The molecule has 0 heterocycles. The lowest BCUT2D eigenvalue weighted by Crippen LogP contribution is -2.04. The summed E-state index contributed by atoms with van der Waals surface area (Å²) < 4.78 is 1.88. The van der Waals surface area contributed by atoms with Crippen LogP contribution in [0.2, 0.25) is 0 Å². The van der Waals surface area contributed by atoms with E-state index in [4.69, 9.17) is 0 Å². The van der Waals surface area contributed by atoms with Crippen LogP contribution in [0.3, 0.4) is 0 Å². The zero-order valence-corrected chi connectivity index (χ0v) is 13.4. The summed E-state index contributed by atoms with van der Waals surface area (Å²) in [6.45, 7) is 0. The average Bonchev–Trinajstić information content (AvgIpc) is 2.18. The molecule has 1 unspecified atom stereocenters. The number of hydrogen-bond acceptors (Lipinski definition) is 1. The molecule has 1 aromatic carbocycles. The minimum atomic E-state index is 0.319. The Labute approximate surface area is 117 Å². The number of halogens is 4. The van der Waals surface area contributed by atoms with E-state index >= 15 is 0 Å². The Kier molecular flexibility index (Phi) is 5.45. The minimum absolute atomic E-state index is 0.319. The zero-order chi connectivity index (χ0) is 10.7. The van der Waals surface area contributed by atoms with Gasteiger partial charge in [-0.2, -0.15) is 0 Å². The first kappa shape index (κ1) is 13.0. The van der Waals surface area contributed by atoms with E-state index in [1.165, 1.54) is 0 Å². The topological polar surface area (TPSA) is 20.2 Å². The van der Waals surface area contributed by atoms with Gasteiger partial charge in [0.15, 0.2) is 0 Å². The first-order chi connectivity index (χ1) is 6.56. The number of rotatable bonds is 3. The lowest BCUT2D eigenvalue weighted by Gasteiger charge is -2.11. The molecule has 0 fully saturated rings. The van der Waals surface area contributed by atoms with Gasteiger partial charge < -0.3 is 5.11 Å². The summed E-state index contributed by atoms with van der Waals surface area (Å²) in [5, 5.41) is 10.5. The predicted molar refractivity (Wildman–Crippen MR) is 73.7 cm³/mol. The standard InChI is InChI=1S/C9H8Br4O/c10-4-5(11)3-6-8(14)2-1-7(12)9(6)13/h1-2,5,14H,3-4H2. The maximum Gasteiger partial charge on any atom is 0.120 e. The number of aromatic hydroxyl groups is 1. The van der Waals surface area contributed by atoms with E-state index in [1.807, 2.05) is 6.07 Å². The highest BCUT2D eigenvalue weighted by Crippen LogP contribution is 2.34. The lowest BCUT2D eigenvalue weighted by atomic mass is 10.1. The molecule has 0 saturated carbocycles. The van der Waals surface area contributed by atoms with Crippen molar-refractivity contribution >= 4 is 63.7 Å². The molecule has 0 bridgehead atoms. The molecule has 0 spiro atoms. The second-order valence-electron chi connectivity index (χ2n) is 2.81. The Hall–Kier alpha value is 0.940. The SMILES string of the molecule is Oc1ccc(Br)c(Br)c1CC(Br)CBr. The van der Waals surface area contributed by atoms with Crippen LogP contribution in [0.25, 0.3) is 0 Å². The Morgan fingerprint density at radius 2 is 1.93 bits per heavy atom. The molecule has 0 amide bonds. The van der Waals surface area contributed by atoms with Gasteiger partial charge in [0.25, 0.3) is 0 Å². The molecule has 0 aliphatic rings. The van der Waals surface area contributed by atoms with Crippen LogP contribution in [-0.2, 0) is 6.42 Å². The maximum atomic E-state index is 9.67. The fraction of sp³-hybridized carbons (Fsp3) is 0.333. The number of benzene rings is 1. The summed E-state index contributed by atoms with van der Waals surface area (Å²) in [6.07, 6.45) is 0.775. The normalized spacial score (nSPS) is 12.9. The molecule has 0 saturated heterocycles. The molecular formula is C9H8Br4O. The largest absolute Gasteiger partial charge is 0.508 e. The van der Waals surface area contributed by atoms with E-state index < -0.39 is 0 Å². The van der Waals surface area contributed by atoms with E-state index in [1.54, 1.807) is 6.07 Å². The summed E-state index contributed by atoms with van der Waals surface area (Å²) in [4.78, 5) is 0.319. The second kappa shape index (κ2) is 5.87. The van der Waals surface area contributed by atoms with Crippen LogP contribution in [-0.4, -0.2) is 15.3 Å². The molecule has 1 nitrogen and oxygen atoms in total. The van der Waals surface area contributed by atoms with Crippen LogP contribution in [0.4, 0.5) is 0 Å². The fourth-order valence-corrected chi connectivity index (χ4v) is 2.47. The van der Waals surface area contributed by atoms with E-state index in [2.05, 4.69) is 63.7 Å². The van der Waals surface area contributed by atoms with Crippen LogP contribution >= 0.6 is 63.7 Å². The molecule has 1 atom stereocenters. The lowest BCUT2D eigenvalue weighted by molar-refractivity contribution is 0.467. The van der Waals surface area contributed by atoms with Gasteiger partial charge in [0.05, 0.1) is 0 Å². The van der Waals surface area contributed by atoms with Crippen molar-refractivity contribution < 1.29 is 5.11 Å². The third-order valence-electron chi connectivity index (χ3n) is 1.76. The van der Waals surface area contributed by atoms with E-state index in [0.29, 0.717) is 10.6 Å². The molecular weight excluding hydrogens is 444 g/mol. The molecule has 0 aromatic heterocycles. The Bertz CT molecular complexity index is 327. The highest BCUT2D eigenvalue weighted by atomic mass is 79.9. The van der Waals surface area contributed by atoms with Gasteiger partial charge in [-0.25, -0.2) is 0 Å². The van der Waals surface area contributed by atoms with E-state index in [-0.39, 0.29) is 0 Å². The van der Waals surface area contributed by atoms with Crippen molar-refractivity contribution in [2.24, 2.45) is 0 Å². The molecule has 1 aromatic rings. The van der Waals surface area contributed by atoms with Crippen LogP contribution in [0.1, 0.15) is 5.56 Å². The maximum absolute atomic E-state index is 9.67. The van der Waals surface area contributed by atoms with Crippen molar-refractivity contribution in [2.75, 3.05) is 5.33 Å². The van der Waals surface area contributed by atoms with Crippen LogP contribution in [0, 0.1) is 0 Å². The smallest absolute Gasteiger partial charge is 0.120 e. The average molecular weight is 452 g/mol. The highest BCUT2D eigenvalue weighted by molar-refractivity contribution is 9.13. The summed E-state index contributed by atoms with van der Waals surface area (Å²) in [5.41, 5.74) is 0.917. The molecule has 0 radical (unpaired) electrons. The number of phenols is 1. The van der Waals surface area contributed by atoms with Crippen molar-refractivity contribution in [1.82, 2.24) is 0 Å². The molecule has 1 N–H and O–H groups in total. The molecule has 78 valence electrons. The third kappa shape index (κ3) is 3.22. The zero-order valence-electron chi connectivity index (χ0n) is 7.11. The Morgan fingerprint density at radius 3 is 2.50 bits per heavy atom. The first-order valence-corrected chi connectivity index (χ1v) is 7.54. The monoisotopic (exact) mass is 448 g/mol. The van der Waals surface area contributed by atoms with Gasteiger partial charge in [-0.3, -0.25) is 0 Å². The molecule has 5 heteroatoms. The van der Waals surface area contributed by atoms with Crippen LogP contribution in [0.15, 0.2) is 21.1 Å². The second-order valence-corrected chi connectivity index (χ2v) is 6.40. The quantitative estimate of drug-likeness (QED) is 0.665.